The molecule has 0 amide bonds. The molecule has 3 heterocycles. The van der Waals surface area contributed by atoms with E-state index in [2.05, 4.69) is 34.0 Å². The molecule has 2 aromatic carbocycles. The number of fused-ring (bicyclic) bond motifs is 1. The number of alkyl halides is 3. The first-order valence-corrected chi connectivity index (χ1v) is 12.9. The van der Waals surface area contributed by atoms with Gasteiger partial charge in [-0.3, -0.25) is 9.78 Å². The van der Waals surface area contributed by atoms with E-state index < -0.39 is 11.7 Å². The number of pyridine rings is 1. The van der Waals surface area contributed by atoms with Crippen molar-refractivity contribution in [3.05, 3.63) is 72.1 Å². The number of aromatic nitrogens is 3. The number of imidazole rings is 1. The summed E-state index contributed by atoms with van der Waals surface area (Å²) in [6.07, 6.45) is -1.60. The number of halogens is 3. The number of ketones is 1. The van der Waals surface area contributed by atoms with E-state index in [1.165, 1.54) is 12.1 Å². The Bertz CT molecular complexity index is 1480. The molecule has 0 radical (unpaired) electrons. The van der Waals surface area contributed by atoms with Crippen LogP contribution in [-0.4, -0.2) is 44.3 Å². The van der Waals surface area contributed by atoms with Gasteiger partial charge < -0.3 is 19.5 Å². The Morgan fingerprint density at radius 1 is 1.10 bits per heavy atom. The van der Waals surface area contributed by atoms with Crippen LogP contribution in [0.3, 0.4) is 0 Å². The van der Waals surface area contributed by atoms with Gasteiger partial charge in [-0.1, -0.05) is 0 Å². The number of anilines is 2. The molecule has 0 spiro atoms. The number of ether oxygens (including phenoxy) is 1. The number of Topliss-reactive ketones (excluding diaryl/α,β-unsaturated/α-hetero) is 1. The Kier molecular flexibility index (Phi) is 7.31. The minimum absolute atomic E-state index is 0.0377. The molecule has 7 nitrogen and oxygen atoms in total. The predicted molar refractivity (Wildman–Crippen MR) is 143 cm³/mol. The van der Waals surface area contributed by atoms with Gasteiger partial charge >= 0.3 is 6.18 Å². The van der Waals surface area contributed by atoms with Crippen molar-refractivity contribution in [3.8, 4) is 11.5 Å². The van der Waals surface area contributed by atoms with Crippen LogP contribution in [0.15, 0.2) is 60.8 Å². The van der Waals surface area contributed by atoms with E-state index >= 15 is 0 Å². The van der Waals surface area contributed by atoms with Crippen LogP contribution >= 0.6 is 0 Å². The highest BCUT2D eigenvalue weighted by Gasteiger charge is 2.30. The molecule has 1 aliphatic rings. The summed E-state index contributed by atoms with van der Waals surface area (Å²) in [4.78, 5) is 24.1. The average molecular weight is 538 g/mol. The molecule has 0 aliphatic carbocycles. The van der Waals surface area contributed by atoms with Crippen molar-refractivity contribution in [2.24, 2.45) is 13.0 Å². The molecule has 0 bridgehead atoms. The van der Waals surface area contributed by atoms with Gasteiger partial charge in [0.1, 0.15) is 17.3 Å². The summed E-state index contributed by atoms with van der Waals surface area (Å²) in [5.41, 5.74) is 1.93. The van der Waals surface area contributed by atoms with E-state index in [1.54, 1.807) is 24.4 Å². The van der Waals surface area contributed by atoms with Crippen molar-refractivity contribution in [1.82, 2.24) is 19.4 Å². The minimum atomic E-state index is -4.39. The third kappa shape index (κ3) is 6.06. The van der Waals surface area contributed by atoms with Crippen LogP contribution in [0.5, 0.6) is 11.5 Å². The van der Waals surface area contributed by atoms with Crippen molar-refractivity contribution in [3.63, 3.8) is 0 Å². The number of carbonyl (C=O) groups is 1. The van der Waals surface area contributed by atoms with E-state index in [-0.39, 0.29) is 18.1 Å². The van der Waals surface area contributed by atoms with Crippen LogP contribution < -0.4 is 10.1 Å². The van der Waals surface area contributed by atoms with Crippen molar-refractivity contribution in [1.29, 1.82) is 0 Å². The number of rotatable bonds is 8. The second kappa shape index (κ2) is 10.7. The molecule has 39 heavy (non-hydrogen) atoms. The Hall–Kier alpha value is -3.92. The first-order chi connectivity index (χ1) is 18.6. The molecule has 0 saturated carbocycles. The Morgan fingerprint density at radius 2 is 1.85 bits per heavy atom. The van der Waals surface area contributed by atoms with Gasteiger partial charge in [-0.2, -0.15) is 13.2 Å². The number of nitrogens with one attached hydrogen (secondary N) is 1. The first-order valence-electron chi connectivity index (χ1n) is 12.9. The third-order valence-electron chi connectivity index (χ3n) is 7.11. The van der Waals surface area contributed by atoms with Gasteiger partial charge in [-0.25, -0.2) is 4.98 Å². The third-order valence-corrected chi connectivity index (χ3v) is 7.11. The SMILES string of the molecule is CC(C)N1CCC(C(=O)Cc2cc(Oc3ccc4c(c3)nc(Nc3ccc(C(F)(F)F)cc3)n4C)ccn2)C1. The van der Waals surface area contributed by atoms with Crippen LogP contribution in [0.4, 0.5) is 24.8 Å². The molecule has 1 saturated heterocycles. The zero-order valence-electron chi connectivity index (χ0n) is 22.0. The number of nitrogens with zero attached hydrogens (tertiary/aromatic N) is 4. The Balaban J connectivity index is 1.26. The summed E-state index contributed by atoms with van der Waals surface area (Å²) < 4.78 is 46.4. The maximum atomic E-state index is 12.9. The van der Waals surface area contributed by atoms with Gasteiger partial charge in [0.05, 0.1) is 22.3 Å². The Morgan fingerprint density at radius 3 is 2.54 bits per heavy atom. The van der Waals surface area contributed by atoms with E-state index in [0.29, 0.717) is 40.4 Å². The lowest BCUT2D eigenvalue weighted by Gasteiger charge is -2.19. The molecule has 1 unspecified atom stereocenters. The number of aryl methyl sites for hydroxylation is 1. The lowest BCUT2D eigenvalue weighted by atomic mass is 9.99. The summed E-state index contributed by atoms with van der Waals surface area (Å²) in [6, 6.07) is 14.2. The number of carbonyl (C=O) groups excluding carboxylic acids is 1. The monoisotopic (exact) mass is 537 g/mol. The largest absolute Gasteiger partial charge is 0.457 e. The summed E-state index contributed by atoms with van der Waals surface area (Å²) in [6.45, 7) is 6.04. The highest BCUT2D eigenvalue weighted by Crippen LogP contribution is 2.32. The summed E-state index contributed by atoms with van der Waals surface area (Å²) in [5.74, 6) is 1.85. The highest BCUT2D eigenvalue weighted by molar-refractivity contribution is 5.83. The average Bonchev–Trinajstić information content (AvgIpc) is 3.50. The fourth-order valence-electron chi connectivity index (χ4n) is 4.82. The van der Waals surface area contributed by atoms with Crippen molar-refractivity contribution in [2.75, 3.05) is 18.4 Å². The topological polar surface area (TPSA) is 72.3 Å². The smallest absolute Gasteiger partial charge is 0.416 e. The van der Waals surface area contributed by atoms with E-state index in [4.69, 9.17) is 4.74 Å². The molecule has 10 heteroatoms. The van der Waals surface area contributed by atoms with Gasteiger partial charge in [-0.05, 0) is 69.3 Å². The normalized spacial score (nSPS) is 16.2. The molecular formula is C29H30F3N5O2. The van der Waals surface area contributed by atoms with Crippen LogP contribution in [0, 0.1) is 5.92 Å². The summed E-state index contributed by atoms with van der Waals surface area (Å²) in [5, 5.41) is 3.07. The number of hydrogen-bond donors (Lipinski definition) is 1. The first kappa shape index (κ1) is 26.7. The number of benzene rings is 2. The van der Waals surface area contributed by atoms with Gasteiger partial charge in [0.15, 0.2) is 0 Å². The molecule has 204 valence electrons. The Labute approximate surface area is 224 Å². The van der Waals surface area contributed by atoms with Crippen molar-refractivity contribution >= 4 is 28.5 Å². The number of likely N-dealkylation sites (tertiary alicyclic amines) is 1. The van der Waals surface area contributed by atoms with Crippen LogP contribution in [0.25, 0.3) is 11.0 Å². The van der Waals surface area contributed by atoms with Crippen molar-refractivity contribution in [2.45, 2.75) is 38.9 Å². The van der Waals surface area contributed by atoms with Crippen LogP contribution in [-0.2, 0) is 24.4 Å². The minimum Gasteiger partial charge on any atom is -0.457 e. The number of hydrogen-bond acceptors (Lipinski definition) is 6. The predicted octanol–water partition coefficient (Wildman–Crippen LogP) is 6.36. The molecule has 1 N–H and O–H groups in total. The zero-order valence-corrected chi connectivity index (χ0v) is 22.0. The second-order valence-corrected chi connectivity index (χ2v) is 10.1. The molecule has 2 aromatic heterocycles. The van der Waals surface area contributed by atoms with Gasteiger partial charge in [0.25, 0.3) is 0 Å². The standard InChI is InChI=1S/C29H30F3N5O2/c1-18(2)37-13-11-19(17-37)27(38)15-22-14-24(10-12-33-22)39-23-8-9-26-25(16-23)35-28(36(26)3)34-21-6-4-20(5-7-21)29(30,31)32/h4-10,12,14,16,18-19H,11,13,15,17H2,1-3H3,(H,34,35). The van der Waals surface area contributed by atoms with E-state index in [9.17, 15) is 18.0 Å². The lowest BCUT2D eigenvalue weighted by Crippen LogP contribution is -2.30. The molecular weight excluding hydrogens is 507 g/mol. The summed E-state index contributed by atoms with van der Waals surface area (Å²) in [7, 11) is 1.82. The van der Waals surface area contributed by atoms with Crippen LogP contribution in [0.1, 0.15) is 31.5 Å². The van der Waals surface area contributed by atoms with Crippen molar-refractivity contribution < 1.29 is 22.7 Å². The molecule has 1 aliphatic heterocycles. The molecule has 1 fully saturated rings. The van der Waals surface area contributed by atoms with Gasteiger partial charge in [-0.15, -0.1) is 0 Å². The zero-order chi connectivity index (χ0) is 27.7. The molecule has 4 aromatic rings. The summed E-state index contributed by atoms with van der Waals surface area (Å²) >= 11 is 0. The van der Waals surface area contributed by atoms with E-state index in [1.807, 2.05) is 23.7 Å². The lowest BCUT2D eigenvalue weighted by molar-refractivity contribution is -0.137. The maximum absolute atomic E-state index is 12.9. The maximum Gasteiger partial charge on any atom is 0.416 e. The van der Waals surface area contributed by atoms with Crippen LogP contribution in [0.2, 0.25) is 0 Å². The second-order valence-electron chi connectivity index (χ2n) is 10.1. The van der Waals surface area contributed by atoms with E-state index in [0.717, 1.165) is 37.2 Å². The van der Waals surface area contributed by atoms with Gasteiger partial charge in [0.2, 0.25) is 5.95 Å². The fraction of sp³-hybridized carbons (Fsp3) is 0.345. The fourth-order valence-corrected chi connectivity index (χ4v) is 4.82. The molecule has 5 rings (SSSR count). The quantitative estimate of drug-likeness (QED) is 0.282. The highest BCUT2D eigenvalue weighted by atomic mass is 19.4. The molecule has 1 atom stereocenters. The van der Waals surface area contributed by atoms with Gasteiger partial charge in [0, 0.05) is 56.0 Å².